The summed E-state index contributed by atoms with van der Waals surface area (Å²) in [6, 6.07) is 4.49. The molecule has 0 amide bonds. The second-order valence-electron chi connectivity index (χ2n) is 6.02. The zero-order valence-electron chi connectivity index (χ0n) is 12.0. The Bertz CT molecular complexity index is 678. The van der Waals surface area contributed by atoms with Crippen LogP contribution in [0.1, 0.15) is 25.7 Å². The molecule has 2 saturated heterocycles. The van der Waals surface area contributed by atoms with Gasteiger partial charge < -0.3 is 10.2 Å². The van der Waals surface area contributed by atoms with E-state index >= 15 is 0 Å². The van der Waals surface area contributed by atoms with Gasteiger partial charge in [-0.2, -0.15) is 9.61 Å². The van der Waals surface area contributed by atoms with Crippen molar-refractivity contribution >= 4 is 11.5 Å². The van der Waals surface area contributed by atoms with Crippen LogP contribution in [-0.4, -0.2) is 45.5 Å². The van der Waals surface area contributed by atoms with Crippen molar-refractivity contribution in [3.05, 3.63) is 22.6 Å². The smallest absolute Gasteiger partial charge is 0.355 e. The molecule has 2 aromatic heterocycles. The lowest BCUT2D eigenvalue weighted by atomic mass is 9.88. The molecule has 2 aliphatic heterocycles. The van der Waals surface area contributed by atoms with E-state index in [9.17, 15) is 4.79 Å². The minimum Gasteiger partial charge on any atom is -0.355 e. The predicted octanol–water partition coefficient (Wildman–Crippen LogP) is 0.386. The van der Waals surface area contributed by atoms with Crippen molar-refractivity contribution in [2.45, 2.75) is 31.7 Å². The molecule has 21 heavy (non-hydrogen) atoms. The molecular formula is C14H20N6O. The molecule has 1 unspecified atom stereocenters. The maximum Gasteiger partial charge on any atom is 0.364 e. The van der Waals surface area contributed by atoms with Crippen LogP contribution in [0.2, 0.25) is 0 Å². The lowest BCUT2D eigenvalue weighted by Gasteiger charge is -2.35. The first kappa shape index (κ1) is 12.8. The summed E-state index contributed by atoms with van der Waals surface area (Å²) in [6.07, 6.45) is 5.02. The fourth-order valence-corrected chi connectivity index (χ4v) is 3.61. The van der Waals surface area contributed by atoms with Crippen LogP contribution in [0.15, 0.2) is 16.9 Å². The minimum atomic E-state index is -0.281. The van der Waals surface area contributed by atoms with Crippen molar-refractivity contribution in [1.29, 1.82) is 0 Å². The van der Waals surface area contributed by atoms with E-state index in [2.05, 4.69) is 25.5 Å². The van der Waals surface area contributed by atoms with Gasteiger partial charge in [0.15, 0.2) is 5.65 Å². The summed E-state index contributed by atoms with van der Waals surface area (Å²) in [7, 11) is 0. The number of piperidine rings is 1. The van der Waals surface area contributed by atoms with Crippen molar-refractivity contribution in [3.63, 3.8) is 0 Å². The molecule has 0 saturated carbocycles. The minimum absolute atomic E-state index is 0.281. The number of nitrogens with one attached hydrogen (secondary N) is 2. The number of aromatic amines is 1. The van der Waals surface area contributed by atoms with Gasteiger partial charge >= 0.3 is 5.69 Å². The first-order chi connectivity index (χ1) is 10.3. The maximum absolute atomic E-state index is 11.6. The van der Waals surface area contributed by atoms with Gasteiger partial charge in [-0.3, -0.25) is 0 Å². The van der Waals surface area contributed by atoms with Crippen LogP contribution in [0.25, 0.3) is 5.65 Å². The molecule has 2 aliphatic rings. The summed E-state index contributed by atoms with van der Waals surface area (Å²) in [6.45, 7) is 3.19. The predicted molar refractivity (Wildman–Crippen MR) is 79.6 cm³/mol. The van der Waals surface area contributed by atoms with Gasteiger partial charge in [-0.05, 0) is 50.3 Å². The summed E-state index contributed by atoms with van der Waals surface area (Å²) in [4.78, 5) is 13.9. The summed E-state index contributed by atoms with van der Waals surface area (Å²) >= 11 is 0. The fourth-order valence-electron chi connectivity index (χ4n) is 3.61. The third kappa shape index (κ3) is 2.31. The Kier molecular flexibility index (Phi) is 3.14. The topological polar surface area (TPSA) is 78.3 Å². The average molecular weight is 288 g/mol. The van der Waals surface area contributed by atoms with E-state index in [1.165, 1.54) is 36.7 Å². The summed E-state index contributed by atoms with van der Waals surface area (Å²) in [5, 5.41) is 14.3. The third-order valence-corrected chi connectivity index (χ3v) is 4.79. The van der Waals surface area contributed by atoms with Gasteiger partial charge in [-0.15, -0.1) is 5.10 Å². The summed E-state index contributed by atoms with van der Waals surface area (Å²) < 4.78 is 1.33. The van der Waals surface area contributed by atoms with Crippen LogP contribution in [0, 0.1) is 5.92 Å². The van der Waals surface area contributed by atoms with E-state index in [1.54, 1.807) is 0 Å². The van der Waals surface area contributed by atoms with E-state index in [-0.39, 0.29) is 5.69 Å². The molecule has 112 valence electrons. The van der Waals surface area contributed by atoms with E-state index in [1.807, 2.05) is 12.1 Å². The standard InChI is InChI=1S/C14H20N6O/c21-14-17-16-12-3-4-13(18-20(12)14)19-8-5-10(6-9-19)11-2-1-7-15-11/h3-4,10-11,15H,1-2,5-9H2,(H,17,21). The van der Waals surface area contributed by atoms with E-state index in [0.29, 0.717) is 11.7 Å². The zero-order chi connectivity index (χ0) is 14.2. The molecule has 7 heteroatoms. The highest BCUT2D eigenvalue weighted by molar-refractivity contribution is 5.45. The number of H-pyrrole nitrogens is 1. The molecule has 0 radical (unpaired) electrons. The molecular weight excluding hydrogens is 268 g/mol. The van der Waals surface area contributed by atoms with Gasteiger partial charge in [0, 0.05) is 19.1 Å². The Morgan fingerprint density at radius 3 is 2.81 bits per heavy atom. The molecule has 0 bridgehead atoms. The lowest BCUT2D eigenvalue weighted by Crippen LogP contribution is -2.41. The number of rotatable bonds is 2. The highest BCUT2D eigenvalue weighted by atomic mass is 16.2. The van der Waals surface area contributed by atoms with Crippen molar-refractivity contribution in [2.24, 2.45) is 5.92 Å². The molecule has 4 rings (SSSR count). The lowest BCUT2D eigenvalue weighted by molar-refractivity contribution is 0.318. The number of anilines is 1. The third-order valence-electron chi connectivity index (χ3n) is 4.79. The van der Waals surface area contributed by atoms with E-state index < -0.39 is 0 Å². The SMILES string of the molecule is O=c1[nH]nc2ccc(N3CCC(C4CCCN4)CC3)nn12. The summed E-state index contributed by atoms with van der Waals surface area (Å²) in [5.41, 5.74) is 0.283. The molecule has 1 atom stereocenters. The van der Waals surface area contributed by atoms with Crippen LogP contribution in [0.3, 0.4) is 0 Å². The normalized spacial score (nSPS) is 24.0. The Balaban J connectivity index is 1.49. The zero-order valence-corrected chi connectivity index (χ0v) is 12.0. The second kappa shape index (κ2) is 5.14. The van der Waals surface area contributed by atoms with Gasteiger partial charge in [0.25, 0.3) is 0 Å². The van der Waals surface area contributed by atoms with Crippen LogP contribution >= 0.6 is 0 Å². The van der Waals surface area contributed by atoms with E-state index in [0.717, 1.165) is 24.8 Å². The van der Waals surface area contributed by atoms with Gasteiger partial charge in [0.05, 0.1) is 0 Å². The van der Waals surface area contributed by atoms with E-state index in [4.69, 9.17) is 0 Å². The molecule has 2 aromatic rings. The molecule has 0 spiro atoms. The number of aromatic nitrogens is 4. The largest absolute Gasteiger partial charge is 0.364 e. The quantitative estimate of drug-likeness (QED) is 0.835. The van der Waals surface area contributed by atoms with Crippen LogP contribution in [-0.2, 0) is 0 Å². The summed E-state index contributed by atoms with van der Waals surface area (Å²) in [5.74, 6) is 1.65. The van der Waals surface area contributed by atoms with Crippen molar-refractivity contribution < 1.29 is 0 Å². The number of hydrogen-bond donors (Lipinski definition) is 2. The number of fused-ring (bicyclic) bond motifs is 1. The Morgan fingerprint density at radius 1 is 1.19 bits per heavy atom. The molecule has 7 nitrogen and oxygen atoms in total. The molecule has 2 fully saturated rings. The monoisotopic (exact) mass is 288 g/mol. The second-order valence-corrected chi connectivity index (χ2v) is 6.02. The first-order valence-corrected chi connectivity index (χ1v) is 7.74. The Hall–Kier alpha value is -1.89. The number of nitrogens with zero attached hydrogens (tertiary/aromatic N) is 4. The van der Waals surface area contributed by atoms with Crippen LogP contribution in [0.4, 0.5) is 5.82 Å². The van der Waals surface area contributed by atoms with Gasteiger partial charge in [-0.1, -0.05) is 0 Å². The first-order valence-electron chi connectivity index (χ1n) is 7.74. The Morgan fingerprint density at radius 2 is 2.05 bits per heavy atom. The fraction of sp³-hybridized carbons (Fsp3) is 0.643. The van der Waals surface area contributed by atoms with Crippen molar-refractivity contribution in [1.82, 2.24) is 25.1 Å². The van der Waals surface area contributed by atoms with Gasteiger partial charge in [0.2, 0.25) is 0 Å². The average Bonchev–Trinajstić information content (AvgIpc) is 3.18. The maximum atomic E-state index is 11.6. The van der Waals surface area contributed by atoms with Crippen molar-refractivity contribution in [3.8, 4) is 0 Å². The van der Waals surface area contributed by atoms with Gasteiger partial charge in [0.1, 0.15) is 5.82 Å². The highest BCUT2D eigenvalue weighted by Gasteiger charge is 2.28. The molecule has 2 N–H and O–H groups in total. The molecule has 4 heterocycles. The van der Waals surface area contributed by atoms with Crippen LogP contribution in [0.5, 0.6) is 0 Å². The highest BCUT2D eigenvalue weighted by Crippen LogP contribution is 2.27. The molecule has 0 aliphatic carbocycles. The Labute approximate surface area is 122 Å². The molecule has 0 aromatic carbocycles. The van der Waals surface area contributed by atoms with Crippen LogP contribution < -0.4 is 15.9 Å². The van der Waals surface area contributed by atoms with Crippen molar-refractivity contribution in [2.75, 3.05) is 24.5 Å². The number of hydrogen-bond acceptors (Lipinski definition) is 5. The van der Waals surface area contributed by atoms with Gasteiger partial charge in [-0.25, -0.2) is 9.89 Å².